The predicted molar refractivity (Wildman–Crippen MR) is 122 cm³/mol. The number of aromatic nitrogens is 4. The van der Waals surface area contributed by atoms with Crippen molar-refractivity contribution in [2.24, 2.45) is 0 Å². The zero-order valence-electron chi connectivity index (χ0n) is 18.6. The Kier molecular flexibility index (Phi) is 6.45. The van der Waals surface area contributed by atoms with E-state index in [4.69, 9.17) is 19.3 Å². The molecule has 33 heavy (non-hydrogen) atoms. The Bertz CT molecular complexity index is 1220. The average molecular weight is 451 g/mol. The molecule has 3 N–H and O–H groups in total. The van der Waals surface area contributed by atoms with Gasteiger partial charge in [0.05, 0.1) is 39.7 Å². The second-order valence-electron chi connectivity index (χ2n) is 7.07. The lowest BCUT2D eigenvalue weighted by atomic mass is 9.92. The van der Waals surface area contributed by atoms with Crippen LogP contribution in [0.15, 0.2) is 42.6 Å². The van der Waals surface area contributed by atoms with Crippen LogP contribution >= 0.6 is 0 Å². The van der Waals surface area contributed by atoms with Crippen molar-refractivity contribution < 1.29 is 24.4 Å². The molecular weight excluding hydrogens is 426 g/mol. The molecule has 0 saturated heterocycles. The summed E-state index contributed by atoms with van der Waals surface area (Å²) in [5.74, 6) is 2.08. The molecule has 2 aromatic carbocycles. The van der Waals surface area contributed by atoms with Crippen LogP contribution < -0.4 is 19.5 Å². The lowest BCUT2D eigenvalue weighted by molar-refractivity contribution is 0.259. The van der Waals surface area contributed by atoms with Crippen molar-refractivity contribution in [1.82, 2.24) is 25.5 Å². The van der Waals surface area contributed by atoms with E-state index in [-0.39, 0.29) is 18.9 Å². The van der Waals surface area contributed by atoms with Crippen molar-refractivity contribution in [3.05, 3.63) is 65.1 Å². The van der Waals surface area contributed by atoms with Crippen molar-refractivity contribution in [2.75, 3.05) is 27.4 Å². The van der Waals surface area contributed by atoms with Crippen LogP contribution in [0.4, 0.5) is 0 Å². The molecule has 0 bridgehead atoms. The number of ether oxygens (including phenoxy) is 3. The van der Waals surface area contributed by atoms with E-state index in [1.165, 1.54) is 4.80 Å². The first kappa shape index (κ1) is 22.2. The van der Waals surface area contributed by atoms with Crippen LogP contribution in [0.1, 0.15) is 29.4 Å². The Labute approximate surface area is 190 Å². The second kappa shape index (κ2) is 9.61. The Morgan fingerprint density at radius 3 is 2.55 bits per heavy atom. The fourth-order valence-electron chi connectivity index (χ4n) is 3.57. The molecule has 0 atom stereocenters. The van der Waals surface area contributed by atoms with Gasteiger partial charge in [-0.25, -0.2) is 0 Å². The first-order chi connectivity index (χ1) is 16.1. The average Bonchev–Trinajstić information content (AvgIpc) is 3.31. The molecule has 10 heteroatoms. The molecule has 10 nitrogen and oxygen atoms in total. The number of methoxy groups -OCH3 is 2. The molecule has 0 saturated carbocycles. The maximum atomic E-state index is 11.2. The fourth-order valence-corrected chi connectivity index (χ4v) is 3.57. The summed E-state index contributed by atoms with van der Waals surface area (Å²) >= 11 is 0. The summed E-state index contributed by atoms with van der Waals surface area (Å²) in [6, 6.07) is 10.8. The molecule has 172 valence electrons. The van der Waals surface area contributed by atoms with E-state index in [1.807, 2.05) is 19.1 Å². The third kappa shape index (κ3) is 4.33. The first-order valence-electron chi connectivity index (χ1n) is 10.4. The zero-order chi connectivity index (χ0) is 23.4. The molecule has 0 aliphatic carbocycles. The predicted octanol–water partition coefficient (Wildman–Crippen LogP) is 2.46. The number of nitrogens with one attached hydrogen (secondary N) is 1. The van der Waals surface area contributed by atoms with Crippen LogP contribution in [0.2, 0.25) is 0 Å². The van der Waals surface area contributed by atoms with Crippen LogP contribution in [0.5, 0.6) is 17.2 Å². The molecule has 1 aliphatic rings. The van der Waals surface area contributed by atoms with Gasteiger partial charge in [0.15, 0.2) is 11.5 Å². The smallest absolute Gasteiger partial charge is 0.207 e. The Balaban J connectivity index is 1.87. The molecule has 0 radical (unpaired) electrons. The zero-order valence-corrected chi connectivity index (χ0v) is 18.6. The molecule has 1 aromatic heterocycles. The molecule has 4 rings (SSSR count). The van der Waals surface area contributed by atoms with E-state index in [9.17, 15) is 5.11 Å². The van der Waals surface area contributed by atoms with Crippen LogP contribution in [0.25, 0.3) is 17.0 Å². The lowest BCUT2D eigenvalue weighted by Crippen LogP contribution is -2.16. The third-order valence-electron chi connectivity index (χ3n) is 5.09. The summed E-state index contributed by atoms with van der Waals surface area (Å²) in [5, 5.41) is 35.9. The number of aliphatic hydroxyl groups is 2. The summed E-state index contributed by atoms with van der Waals surface area (Å²) < 4.78 is 16.6. The second-order valence-corrected chi connectivity index (χ2v) is 7.07. The number of fused-ring (bicyclic) bond motifs is 1. The summed E-state index contributed by atoms with van der Waals surface area (Å²) in [5.41, 5.74) is 3.11. The number of tetrazole rings is 1. The molecule has 0 fully saturated rings. The summed E-state index contributed by atoms with van der Waals surface area (Å²) in [4.78, 5) is 1.32. The van der Waals surface area contributed by atoms with Crippen molar-refractivity contribution in [1.29, 1.82) is 0 Å². The molecule has 0 spiro atoms. The highest BCUT2D eigenvalue weighted by Crippen LogP contribution is 2.41. The molecule has 3 aromatic rings. The van der Waals surface area contributed by atoms with E-state index >= 15 is 0 Å². The van der Waals surface area contributed by atoms with E-state index in [0.717, 1.165) is 5.56 Å². The lowest BCUT2D eigenvalue weighted by Gasteiger charge is -2.23. The van der Waals surface area contributed by atoms with Crippen LogP contribution in [0.3, 0.4) is 0 Å². The van der Waals surface area contributed by atoms with Gasteiger partial charge in [-0.15, -0.1) is 10.2 Å². The third-order valence-corrected chi connectivity index (χ3v) is 5.09. The number of hydrogen-bond acceptors (Lipinski definition) is 9. The van der Waals surface area contributed by atoms with E-state index in [0.29, 0.717) is 52.1 Å². The molecule has 1 aliphatic heterocycles. The number of benzene rings is 2. The highest BCUT2D eigenvalue weighted by atomic mass is 16.5. The van der Waals surface area contributed by atoms with Crippen LogP contribution in [-0.4, -0.2) is 57.9 Å². The van der Waals surface area contributed by atoms with Gasteiger partial charge in [0, 0.05) is 28.5 Å². The summed E-state index contributed by atoms with van der Waals surface area (Å²) in [6.45, 7) is 2.56. The van der Waals surface area contributed by atoms with Crippen molar-refractivity contribution in [3.8, 4) is 17.2 Å². The van der Waals surface area contributed by atoms with E-state index < -0.39 is 0 Å². The van der Waals surface area contributed by atoms with Crippen molar-refractivity contribution >= 4 is 17.0 Å². The molecule has 0 unspecified atom stereocenters. The van der Waals surface area contributed by atoms with Gasteiger partial charge in [-0.3, -0.25) is 0 Å². The number of rotatable bonds is 8. The number of hydrogen-bond donors (Lipinski definition) is 3. The van der Waals surface area contributed by atoms with Gasteiger partial charge in [0.25, 0.3) is 0 Å². The van der Waals surface area contributed by atoms with Gasteiger partial charge in [0.1, 0.15) is 11.5 Å². The number of aliphatic hydroxyl groups excluding tert-OH is 2. The highest BCUT2D eigenvalue weighted by molar-refractivity contribution is 5.96. The Morgan fingerprint density at radius 2 is 1.85 bits per heavy atom. The van der Waals surface area contributed by atoms with Crippen LogP contribution in [0, 0.1) is 0 Å². The van der Waals surface area contributed by atoms with Crippen LogP contribution in [-0.2, 0) is 6.54 Å². The summed E-state index contributed by atoms with van der Waals surface area (Å²) in [6.07, 6.45) is 1.70. The first-order valence-corrected chi connectivity index (χ1v) is 10.4. The van der Waals surface area contributed by atoms with Gasteiger partial charge in [-0.1, -0.05) is 12.1 Å². The van der Waals surface area contributed by atoms with E-state index in [1.54, 1.807) is 44.7 Å². The van der Waals surface area contributed by atoms with Crippen molar-refractivity contribution in [2.45, 2.75) is 13.5 Å². The topological polar surface area (TPSA) is 124 Å². The summed E-state index contributed by atoms with van der Waals surface area (Å²) in [7, 11) is 3.10. The monoisotopic (exact) mass is 451 g/mol. The molecule has 2 heterocycles. The minimum Gasteiger partial charge on any atom is -0.505 e. The fraction of sp³-hybridized carbons (Fsp3) is 0.261. The minimum atomic E-state index is -0.101. The quantitative estimate of drug-likeness (QED) is 0.443. The van der Waals surface area contributed by atoms with Gasteiger partial charge in [-0.05, 0) is 36.4 Å². The number of nitrogens with zero attached hydrogens (tertiary/aromatic N) is 4. The van der Waals surface area contributed by atoms with E-state index in [2.05, 4.69) is 20.7 Å². The highest BCUT2D eigenvalue weighted by Gasteiger charge is 2.26. The van der Waals surface area contributed by atoms with Crippen molar-refractivity contribution in [3.63, 3.8) is 0 Å². The van der Waals surface area contributed by atoms with Gasteiger partial charge in [-0.2, -0.15) is 4.80 Å². The maximum absolute atomic E-state index is 11.2. The standard InChI is InChI=1S/C23H25N5O5/c1-4-33-15-7-5-6-14(10-15)22(30)21-17-12-20(32-3)19(31-2)11-16(17)18(13-24-21)23-25-27-28(26-23)8-9-29/h5-7,10-13,24,29-30H,4,8-9H2,1-3H3. The Hall–Kier alpha value is -4.05. The molecular formula is C23H25N5O5. The van der Waals surface area contributed by atoms with Gasteiger partial charge >= 0.3 is 0 Å². The SMILES string of the molecule is CCOc1cccc(C(O)=C2NC=C(c3nnn(CCO)n3)c3cc(OC)c(OC)cc32)c1. The maximum Gasteiger partial charge on any atom is 0.207 e. The van der Waals surface area contributed by atoms with Gasteiger partial charge < -0.3 is 29.7 Å². The Morgan fingerprint density at radius 1 is 1.09 bits per heavy atom. The minimum absolute atomic E-state index is 0.0391. The largest absolute Gasteiger partial charge is 0.505 e. The molecule has 0 amide bonds. The van der Waals surface area contributed by atoms with Gasteiger partial charge in [0.2, 0.25) is 5.82 Å². The normalized spacial score (nSPS) is 14.1.